The molecule has 0 spiro atoms. The molecule has 1 aromatic rings. The number of halogens is 2. The molecule has 0 amide bonds. The van der Waals surface area contributed by atoms with Gasteiger partial charge in [0.2, 0.25) is 0 Å². The lowest BCUT2D eigenvalue weighted by molar-refractivity contribution is -0.386. The van der Waals surface area contributed by atoms with Crippen LogP contribution in [0.15, 0.2) is 12.3 Å². The van der Waals surface area contributed by atoms with E-state index in [2.05, 4.69) is 9.72 Å². The van der Waals surface area contributed by atoms with Gasteiger partial charge in [-0.25, -0.2) is 18.6 Å². The normalized spacial score (nSPS) is 10.2. The van der Waals surface area contributed by atoms with E-state index in [-0.39, 0.29) is 0 Å². The van der Waals surface area contributed by atoms with Crippen molar-refractivity contribution in [1.82, 2.24) is 4.98 Å². The van der Waals surface area contributed by atoms with Crippen molar-refractivity contribution in [2.24, 2.45) is 0 Å². The van der Waals surface area contributed by atoms with Gasteiger partial charge in [-0.1, -0.05) is 0 Å². The van der Waals surface area contributed by atoms with E-state index >= 15 is 0 Å². The molecule has 0 bridgehead atoms. The maximum Gasteiger partial charge on any atom is 0.357 e. The summed E-state index contributed by atoms with van der Waals surface area (Å²) in [4.78, 5) is 23.9. The molecule has 0 radical (unpaired) electrons. The molecule has 0 saturated heterocycles. The van der Waals surface area contributed by atoms with Crippen LogP contribution < -0.4 is 0 Å². The molecule has 1 heterocycles. The van der Waals surface area contributed by atoms with E-state index < -0.39 is 34.3 Å². The monoisotopic (exact) mass is 232 g/mol. The van der Waals surface area contributed by atoms with Gasteiger partial charge < -0.3 is 4.74 Å². The first kappa shape index (κ1) is 12.0. The molecule has 0 fully saturated rings. The molecule has 0 aromatic carbocycles. The van der Waals surface area contributed by atoms with Gasteiger partial charge in [0.25, 0.3) is 12.1 Å². The Hall–Kier alpha value is -2.12. The Kier molecular flexibility index (Phi) is 3.44. The zero-order valence-corrected chi connectivity index (χ0v) is 8.02. The predicted molar refractivity (Wildman–Crippen MR) is 47.2 cm³/mol. The third-order valence-corrected chi connectivity index (χ3v) is 1.76. The molecule has 0 aliphatic carbocycles. The summed E-state index contributed by atoms with van der Waals surface area (Å²) in [6, 6.07) is 0.800. The molecule has 86 valence electrons. The Morgan fingerprint density at radius 3 is 2.69 bits per heavy atom. The smallest absolute Gasteiger partial charge is 0.357 e. The molecule has 0 atom stereocenters. The minimum atomic E-state index is -3.18. The van der Waals surface area contributed by atoms with E-state index in [1.807, 2.05) is 0 Å². The quantitative estimate of drug-likeness (QED) is 0.450. The summed E-state index contributed by atoms with van der Waals surface area (Å²) in [6.45, 7) is 0. The minimum absolute atomic E-state index is 0.744. The fourth-order valence-electron chi connectivity index (χ4n) is 1.10. The van der Waals surface area contributed by atoms with Gasteiger partial charge in [0.1, 0.15) is 5.56 Å². The number of rotatable bonds is 3. The van der Waals surface area contributed by atoms with Crippen molar-refractivity contribution in [1.29, 1.82) is 0 Å². The summed E-state index contributed by atoms with van der Waals surface area (Å²) in [5, 5.41) is 10.5. The number of aromatic nitrogens is 1. The maximum atomic E-state index is 12.6. The maximum absolute atomic E-state index is 12.6. The molecule has 0 aliphatic rings. The van der Waals surface area contributed by atoms with Crippen molar-refractivity contribution in [3.63, 3.8) is 0 Å². The summed E-state index contributed by atoms with van der Waals surface area (Å²) < 4.78 is 29.4. The van der Waals surface area contributed by atoms with E-state index in [9.17, 15) is 23.7 Å². The van der Waals surface area contributed by atoms with Gasteiger partial charge in [-0.2, -0.15) is 0 Å². The molecular formula is C8H6F2N2O4. The predicted octanol–water partition coefficient (Wildman–Crippen LogP) is 1.71. The number of ether oxygens (including phenoxy) is 1. The van der Waals surface area contributed by atoms with Crippen molar-refractivity contribution < 1.29 is 23.2 Å². The first-order chi connectivity index (χ1) is 7.49. The lowest BCUT2D eigenvalue weighted by Crippen LogP contribution is -2.11. The van der Waals surface area contributed by atoms with Gasteiger partial charge in [-0.15, -0.1) is 0 Å². The first-order valence-corrected chi connectivity index (χ1v) is 3.98. The number of alkyl halides is 2. The molecule has 0 N–H and O–H groups in total. The lowest BCUT2D eigenvalue weighted by Gasteiger charge is -2.05. The largest absolute Gasteiger partial charge is 0.464 e. The van der Waals surface area contributed by atoms with Gasteiger partial charge in [-0.3, -0.25) is 10.1 Å². The molecule has 16 heavy (non-hydrogen) atoms. The van der Waals surface area contributed by atoms with Crippen molar-refractivity contribution in [3.05, 3.63) is 33.6 Å². The number of carbonyl (C=O) groups excluding carboxylic acids is 1. The Morgan fingerprint density at radius 1 is 1.62 bits per heavy atom. The molecule has 8 heteroatoms. The summed E-state index contributed by atoms with van der Waals surface area (Å²) in [6.07, 6.45) is -2.28. The molecular weight excluding hydrogens is 226 g/mol. The molecule has 0 saturated carbocycles. The Labute approximate surface area is 88.0 Å². The van der Waals surface area contributed by atoms with Crippen LogP contribution in [-0.4, -0.2) is 23.0 Å². The SMILES string of the molecule is COC(=O)c1nccc([N+](=O)[O-])c1C(F)F. The number of nitrogens with zero attached hydrogens (tertiary/aromatic N) is 2. The van der Waals surface area contributed by atoms with Crippen LogP contribution in [0.4, 0.5) is 14.5 Å². The van der Waals surface area contributed by atoms with Gasteiger partial charge in [0.05, 0.1) is 12.0 Å². The third-order valence-electron chi connectivity index (χ3n) is 1.76. The second-order valence-corrected chi connectivity index (χ2v) is 2.64. The van der Waals surface area contributed by atoms with E-state index in [0.29, 0.717) is 0 Å². The Morgan fingerprint density at radius 2 is 2.25 bits per heavy atom. The summed E-state index contributed by atoms with van der Waals surface area (Å²) in [7, 11) is 0.970. The zero-order chi connectivity index (χ0) is 12.3. The van der Waals surface area contributed by atoms with Crippen LogP contribution in [0, 0.1) is 10.1 Å². The molecule has 0 unspecified atom stereocenters. The molecule has 6 nitrogen and oxygen atoms in total. The molecule has 1 aromatic heterocycles. The highest BCUT2D eigenvalue weighted by atomic mass is 19.3. The summed E-state index contributed by atoms with van der Waals surface area (Å²) in [5.74, 6) is -1.14. The standard InChI is InChI=1S/C8H6F2N2O4/c1-16-8(13)6-5(7(9)10)4(12(14)15)2-3-11-6/h2-3,7H,1H3. The van der Waals surface area contributed by atoms with Gasteiger partial charge in [0, 0.05) is 12.3 Å². The first-order valence-electron chi connectivity index (χ1n) is 3.98. The Balaban J connectivity index is 3.44. The molecule has 1 rings (SSSR count). The van der Waals surface area contributed by atoms with Gasteiger partial charge >= 0.3 is 5.97 Å². The lowest BCUT2D eigenvalue weighted by atomic mass is 10.1. The van der Waals surface area contributed by atoms with Crippen molar-refractivity contribution in [3.8, 4) is 0 Å². The number of hydrogen-bond acceptors (Lipinski definition) is 5. The number of methoxy groups -OCH3 is 1. The van der Waals surface area contributed by atoms with Crippen molar-refractivity contribution in [2.75, 3.05) is 7.11 Å². The number of hydrogen-bond donors (Lipinski definition) is 0. The van der Waals surface area contributed by atoms with Crippen LogP contribution in [-0.2, 0) is 4.74 Å². The average molecular weight is 232 g/mol. The topological polar surface area (TPSA) is 82.3 Å². The number of pyridine rings is 1. The van der Waals surface area contributed by atoms with E-state index in [1.54, 1.807) is 0 Å². The third kappa shape index (κ3) is 2.10. The number of carbonyl (C=O) groups is 1. The second-order valence-electron chi connectivity index (χ2n) is 2.64. The zero-order valence-electron chi connectivity index (χ0n) is 8.02. The highest BCUT2D eigenvalue weighted by Gasteiger charge is 2.29. The van der Waals surface area contributed by atoms with Crippen LogP contribution in [0.1, 0.15) is 22.5 Å². The van der Waals surface area contributed by atoms with Gasteiger partial charge in [-0.05, 0) is 0 Å². The van der Waals surface area contributed by atoms with Gasteiger partial charge in [0.15, 0.2) is 5.69 Å². The highest BCUT2D eigenvalue weighted by Crippen LogP contribution is 2.30. The van der Waals surface area contributed by atoms with Crippen LogP contribution in [0.3, 0.4) is 0 Å². The molecule has 0 aliphatic heterocycles. The summed E-state index contributed by atoms with van der Waals surface area (Å²) >= 11 is 0. The summed E-state index contributed by atoms with van der Waals surface area (Å²) in [5.41, 5.74) is -2.63. The number of esters is 1. The highest BCUT2D eigenvalue weighted by molar-refractivity contribution is 5.90. The average Bonchev–Trinajstić information content (AvgIpc) is 2.26. The van der Waals surface area contributed by atoms with Crippen molar-refractivity contribution in [2.45, 2.75) is 6.43 Å². The second kappa shape index (κ2) is 4.60. The van der Waals surface area contributed by atoms with Crippen LogP contribution >= 0.6 is 0 Å². The fraction of sp³-hybridized carbons (Fsp3) is 0.250. The number of nitro groups is 1. The Bertz CT molecular complexity index is 436. The van der Waals surface area contributed by atoms with Crippen molar-refractivity contribution >= 4 is 11.7 Å². The van der Waals surface area contributed by atoms with E-state index in [0.717, 1.165) is 19.4 Å². The fourth-order valence-corrected chi connectivity index (χ4v) is 1.10. The van der Waals surface area contributed by atoms with Crippen LogP contribution in [0.2, 0.25) is 0 Å². The van der Waals surface area contributed by atoms with E-state index in [4.69, 9.17) is 0 Å². The minimum Gasteiger partial charge on any atom is -0.464 e. The van der Waals surface area contributed by atoms with Crippen LogP contribution in [0.25, 0.3) is 0 Å². The van der Waals surface area contributed by atoms with E-state index in [1.165, 1.54) is 0 Å². The van der Waals surface area contributed by atoms with Crippen LogP contribution in [0.5, 0.6) is 0 Å².